The Morgan fingerprint density at radius 3 is 2.40 bits per heavy atom. The summed E-state index contributed by atoms with van der Waals surface area (Å²) in [4.78, 5) is 28.4. The molecule has 0 aromatic rings. The normalized spacial score (nSPS) is 44.2. The summed E-state index contributed by atoms with van der Waals surface area (Å²) in [5, 5.41) is 23.8. The number of piperidine rings is 1. The van der Waals surface area contributed by atoms with Gasteiger partial charge in [0.25, 0.3) is 0 Å². The second-order valence-electron chi connectivity index (χ2n) is 11.8. The minimum atomic E-state index is -0.750. The van der Waals surface area contributed by atoms with Gasteiger partial charge in [-0.15, -0.1) is 0 Å². The van der Waals surface area contributed by atoms with E-state index in [0.717, 1.165) is 44.9 Å². The fraction of sp³-hybridized carbons (Fsp3) is 0.870. The first-order valence-electron chi connectivity index (χ1n) is 11.4. The number of rotatable bonds is 3. The Labute approximate surface area is 178 Å². The largest absolute Gasteiger partial charge is 0.444 e. The third kappa shape index (κ3) is 3.28. The van der Waals surface area contributed by atoms with Crippen LogP contribution in [0.25, 0.3) is 0 Å². The van der Waals surface area contributed by atoms with E-state index in [0.29, 0.717) is 24.2 Å². The zero-order chi connectivity index (χ0) is 21.5. The van der Waals surface area contributed by atoms with Crippen molar-refractivity contribution in [2.45, 2.75) is 101 Å². The lowest BCUT2D eigenvalue weighted by Gasteiger charge is -2.62. The van der Waals surface area contributed by atoms with Crippen LogP contribution in [0.1, 0.15) is 72.1 Å². The van der Waals surface area contributed by atoms with Crippen LogP contribution in [0.3, 0.4) is 0 Å². The van der Waals surface area contributed by atoms with Gasteiger partial charge in [0.05, 0.1) is 11.7 Å². The average molecular weight is 416 g/mol. The predicted molar refractivity (Wildman–Crippen MR) is 108 cm³/mol. The molecular weight excluding hydrogens is 382 g/mol. The Hall–Kier alpha value is -1.81. The summed E-state index contributed by atoms with van der Waals surface area (Å²) in [6.07, 6.45) is 6.02. The molecule has 0 radical (unpaired) electrons. The molecule has 5 saturated carbocycles. The zero-order valence-corrected chi connectivity index (χ0v) is 18.2. The van der Waals surface area contributed by atoms with Crippen LogP contribution < -0.4 is 5.32 Å². The van der Waals surface area contributed by atoms with Crippen molar-refractivity contribution in [3.05, 3.63) is 0 Å². The molecule has 6 rings (SSSR count). The van der Waals surface area contributed by atoms with E-state index in [1.807, 2.05) is 0 Å². The maximum Gasteiger partial charge on any atom is 0.408 e. The monoisotopic (exact) mass is 415 g/mol. The van der Waals surface area contributed by atoms with E-state index in [2.05, 4.69) is 11.4 Å². The van der Waals surface area contributed by atoms with Gasteiger partial charge in [0.15, 0.2) is 0 Å². The minimum Gasteiger partial charge on any atom is -0.444 e. The molecule has 2 N–H and O–H groups in total. The van der Waals surface area contributed by atoms with Gasteiger partial charge in [0, 0.05) is 11.5 Å². The van der Waals surface area contributed by atoms with Crippen molar-refractivity contribution in [2.24, 2.45) is 23.2 Å². The first-order chi connectivity index (χ1) is 14.0. The van der Waals surface area contributed by atoms with E-state index in [4.69, 9.17) is 4.74 Å². The van der Waals surface area contributed by atoms with Crippen molar-refractivity contribution in [3.63, 3.8) is 0 Å². The Balaban J connectivity index is 1.47. The Morgan fingerprint density at radius 2 is 1.83 bits per heavy atom. The number of nitriles is 1. The topological polar surface area (TPSA) is 103 Å². The van der Waals surface area contributed by atoms with Crippen molar-refractivity contribution < 1.29 is 19.4 Å². The first-order valence-corrected chi connectivity index (χ1v) is 11.4. The van der Waals surface area contributed by atoms with Gasteiger partial charge in [-0.25, -0.2) is 4.79 Å². The maximum absolute atomic E-state index is 13.9. The molecule has 30 heavy (non-hydrogen) atoms. The number of nitrogens with zero attached hydrogens (tertiary/aromatic N) is 2. The van der Waals surface area contributed by atoms with Gasteiger partial charge < -0.3 is 20.1 Å². The molecule has 6 aliphatic rings. The first kappa shape index (κ1) is 20.1. The quantitative estimate of drug-likeness (QED) is 0.738. The molecule has 7 heteroatoms. The molecule has 164 valence electrons. The smallest absolute Gasteiger partial charge is 0.408 e. The number of alkyl carbamates (subject to hydrolysis) is 1. The summed E-state index contributed by atoms with van der Waals surface area (Å²) in [5.41, 5.74) is -1.86. The third-order valence-corrected chi connectivity index (χ3v) is 8.10. The maximum atomic E-state index is 13.9. The zero-order valence-electron chi connectivity index (χ0n) is 18.2. The molecule has 4 bridgehead atoms. The number of carbonyl (C=O) groups excluding carboxylic acids is 2. The second kappa shape index (κ2) is 6.35. The Bertz CT molecular complexity index is 798. The molecule has 3 unspecified atom stereocenters. The van der Waals surface area contributed by atoms with E-state index < -0.39 is 34.8 Å². The summed E-state index contributed by atoms with van der Waals surface area (Å²) < 4.78 is 5.51. The summed E-state index contributed by atoms with van der Waals surface area (Å²) >= 11 is 0. The molecule has 1 aliphatic heterocycles. The molecular formula is C23H33N3O4. The number of nitrogens with one attached hydrogen (secondary N) is 1. The van der Waals surface area contributed by atoms with Crippen molar-refractivity contribution in [1.82, 2.24) is 10.2 Å². The van der Waals surface area contributed by atoms with Gasteiger partial charge >= 0.3 is 6.09 Å². The summed E-state index contributed by atoms with van der Waals surface area (Å²) in [5.74, 6) is 1.06. The van der Waals surface area contributed by atoms with Crippen molar-refractivity contribution in [3.8, 4) is 6.07 Å². The number of hydrogen-bond acceptors (Lipinski definition) is 5. The van der Waals surface area contributed by atoms with Gasteiger partial charge in [0.1, 0.15) is 17.7 Å². The Morgan fingerprint density at radius 1 is 1.17 bits per heavy atom. The van der Waals surface area contributed by atoms with Crippen LogP contribution in [0.2, 0.25) is 0 Å². The lowest BCUT2D eigenvalue weighted by Crippen LogP contribution is -2.66. The highest BCUT2D eigenvalue weighted by Gasteiger charge is 2.64. The number of amides is 2. The highest BCUT2D eigenvalue weighted by molar-refractivity contribution is 5.88. The molecule has 6 fully saturated rings. The van der Waals surface area contributed by atoms with Gasteiger partial charge in [0.2, 0.25) is 5.91 Å². The number of aliphatic hydroxyl groups is 1. The predicted octanol–water partition coefficient (Wildman–Crippen LogP) is 2.72. The molecule has 0 aromatic carbocycles. The number of fused-ring (bicyclic) bond motifs is 1. The third-order valence-electron chi connectivity index (χ3n) is 8.10. The van der Waals surface area contributed by atoms with Gasteiger partial charge in [-0.3, -0.25) is 4.79 Å². The van der Waals surface area contributed by atoms with Gasteiger partial charge in [-0.2, -0.15) is 5.26 Å². The van der Waals surface area contributed by atoms with E-state index >= 15 is 0 Å². The Kier molecular flexibility index (Phi) is 4.26. The van der Waals surface area contributed by atoms with E-state index in [1.54, 1.807) is 25.7 Å². The van der Waals surface area contributed by atoms with Crippen molar-refractivity contribution in [2.75, 3.05) is 0 Å². The van der Waals surface area contributed by atoms with Gasteiger partial charge in [-0.1, -0.05) is 0 Å². The molecule has 2 amide bonds. The highest BCUT2D eigenvalue weighted by atomic mass is 16.6. The second-order valence-corrected chi connectivity index (χ2v) is 11.8. The molecule has 7 nitrogen and oxygen atoms in total. The van der Waals surface area contributed by atoms with Crippen LogP contribution in [0.4, 0.5) is 4.79 Å². The van der Waals surface area contributed by atoms with Crippen LogP contribution in [-0.2, 0) is 9.53 Å². The van der Waals surface area contributed by atoms with E-state index in [1.165, 1.54) is 0 Å². The van der Waals surface area contributed by atoms with Crippen LogP contribution in [0, 0.1) is 34.5 Å². The molecule has 0 spiro atoms. The summed E-state index contributed by atoms with van der Waals surface area (Å²) in [6, 6.07) is 1.26. The fourth-order valence-electron chi connectivity index (χ4n) is 7.56. The van der Waals surface area contributed by atoms with E-state index in [-0.39, 0.29) is 11.9 Å². The molecule has 0 aromatic heterocycles. The van der Waals surface area contributed by atoms with Crippen LogP contribution in [0.15, 0.2) is 0 Å². The SMILES string of the molecule is CC(C)(C)OC(=O)N[C@H](C(=O)N1[C@H](C#N)CC2C[C@@H]21)C12CC3CC(CC(O)(C3)C1)C2. The van der Waals surface area contributed by atoms with Crippen LogP contribution >= 0.6 is 0 Å². The number of likely N-dealkylation sites (tertiary alicyclic amines) is 1. The molecule has 1 saturated heterocycles. The van der Waals surface area contributed by atoms with Crippen LogP contribution in [-0.4, -0.2) is 51.3 Å². The van der Waals surface area contributed by atoms with Crippen LogP contribution in [0.5, 0.6) is 0 Å². The fourth-order valence-corrected chi connectivity index (χ4v) is 7.56. The lowest BCUT2D eigenvalue weighted by molar-refractivity contribution is -0.180. The highest BCUT2D eigenvalue weighted by Crippen LogP contribution is 2.63. The number of hydrogen-bond donors (Lipinski definition) is 2. The number of ether oxygens (including phenoxy) is 1. The van der Waals surface area contributed by atoms with Gasteiger partial charge in [-0.05, 0) is 89.9 Å². The minimum absolute atomic E-state index is 0.127. The summed E-state index contributed by atoms with van der Waals surface area (Å²) in [6.45, 7) is 5.41. The number of carbonyl (C=O) groups is 2. The summed E-state index contributed by atoms with van der Waals surface area (Å²) in [7, 11) is 0. The molecule has 1 heterocycles. The lowest BCUT2D eigenvalue weighted by atomic mass is 9.46. The molecule has 6 atom stereocenters. The average Bonchev–Trinajstić information content (AvgIpc) is 3.25. The van der Waals surface area contributed by atoms with Crippen molar-refractivity contribution in [1.29, 1.82) is 5.26 Å². The van der Waals surface area contributed by atoms with E-state index in [9.17, 15) is 20.0 Å². The van der Waals surface area contributed by atoms with Crippen molar-refractivity contribution >= 4 is 12.0 Å². The molecule has 5 aliphatic carbocycles. The standard InChI is InChI=1S/C23H33N3O4/c1-21(2,3)30-20(28)25-18(19(27)26-16(11-24)5-15-6-17(15)26)22-7-13-4-14(8-22)10-23(29,9-13)12-22/h13-18,29H,4-10,12H2,1-3H3,(H,25,28)/t13?,14?,15?,16-,17-,18+,22?,23?/m0/s1.